The summed E-state index contributed by atoms with van der Waals surface area (Å²) in [6, 6.07) is 5.66. The molecule has 0 fully saturated rings. The first kappa shape index (κ1) is 11.6. The lowest BCUT2D eigenvalue weighted by Gasteiger charge is -2.06. The highest BCUT2D eigenvalue weighted by molar-refractivity contribution is 9.10. The third kappa shape index (κ3) is 2.63. The smallest absolute Gasteiger partial charge is 0.154 e. The molecule has 0 atom stereocenters. The number of nitrogens with one attached hydrogen (secondary N) is 1. The summed E-state index contributed by atoms with van der Waals surface area (Å²) in [5, 5.41) is 9.43. The van der Waals surface area contributed by atoms with Crippen LogP contribution in [-0.2, 0) is 0 Å². The second-order valence-electron chi connectivity index (χ2n) is 2.95. The number of hydrogen-bond donors (Lipinski definition) is 2. The van der Waals surface area contributed by atoms with Gasteiger partial charge in [0.2, 0.25) is 0 Å². The van der Waals surface area contributed by atoms with E-state index in [1.54, 1.807) is 17.5 Å². The first-order chi connectivity index (χ1) is 7.66. The summed E-state index contributed by atoms with van der Waals surface area (Å²) in [4.78, 5) is 5.14. The summed E-state index contributed by atoms with van der Waals surface area (Å²) in [6.45, 7) is 0. The number of thiazole rings is 1. The number of nitrogen functional groups attached to an aromatic ring is 1. The highest BCUT2D eigenvalue weighted by Gasteiger charge is 2.09. The molecule has 3 nitrogen and oxygen atoms in total. The molecule has 0 saturated carbocycles. The molecule has 0 amide bonds. The SMILES string of the molecule is N=C(N)c1ccc(Br)cc1Sc1nccs1. The van der Waals surface area contributed by atoms with Crippen molar-refractivity contribution in [2.75, 3.05) is 0 Å². The fraction of sp³-hybridized carbons (Fsp3) is 0. The lowest BCUT2D eigenvalue weighted by Crippen LogP contribution is -2.12. The summed E-state index contributed by atoms with van der Waals surface area (Å²) >= 11 is 6.50. The van der Waals surface area contributed by atoms with Crippen LogP contribution in [0.4, 0.5) is 0 Å². The highest BCUT2D eigenvalue weighted by atomic mass is 79.9. The maximum atomic E-state index is 7.51. The monoisotopic (exact) mass is 313 g/mol. The van der Waals surface area contributed by atoms with E-state index in [0.717, 1.165) is 19.3 Å². The zero-order chi connectivity index (χ0) is 11.5. The van der Waals surface area contributed by atoms with Crippen molar-refractivity contribution in [3.8, 4) is 0 Å². The molecule has 0 aliphatic heterocycles. The second-order valence-corrected chi connectivity index (χ2v) is 6.05. The van der Waals surface area contributed by atoms with E-state index in [0.29, 0.717) is 0 Å². The van der Waals surface area contributed by atoms with Crippen LogP contribution in [0.25, 0.3) is 0 Å². The van der Waals surface area contributed by atoms with Crippen LogP contribution in [0.1, 0.15) is 5.56 Å². The summed E-state index contributed by atoms with van der Waals surface area (Å²) in [5.41, 5.74) is 6.27. The van der Waals surface area contributed by atoms with E-state index in [1.165, 1.54) is 11.8 Å². The summed E-state index contributed by atoms with van der Waals surface area (Å²) in [7, 11) is 0. The molecule has 1 aromatic heterocycles. The molecular weight excluding hydrogens is 306 g/mol. The van der Waals surface area contributed by atoms with Gasteiger partial charge in [0, 0.05) is 26.5 Å². The Labute approximate surface area is 110 Å². The largest absolute Gasteiger partial charge is 0.384 e. The lowest BCUT2D eigenvalue weighted by molar-refractivity contribution is 1.24. The highest BCUT2D eigenvalue weighted by Crippen LogP contribution is 2.33. The van der Waals surface area contributed by atoms with Crippen molar-refractivity contribution in [1.82, 2.24) is 4.98 Å². The van der Waals surface area contributed by atoms with Gasteiger partial charge in [-0.1, -0.05) is 27.7 Å². The van der Waals surface area contributed by atoms with Crippen molar-refractivity contribution in [2.45, 2.75) is 9.24 Å². The minimum Gasteiger partial charge on any atom is -0.384 e. The molecule has 0 radical (unpaired) electrons. The third-order valence-electron chi connectivity index (χ3n) is 1.84. The van der Waals surface area contributed by atoms with Gasteiger partial charge in [-0.2, -0.15) is 0 Å². The summed E-state index contributed by atoms with van der Waals surface area (Å²) in [6.07, 6.45) is 1.76. The molecule has 0 unspecified atom stereocenters. The van der Waals surface area contributed by atoms with Crippen molar-refractivity contribution >= 4 is 44.9 Å². The zero-order valence-corrected chi connectivity index (χ0v) is 11.3. The van der Waals surface area contributed by atoms with E-state index >= 15 is 0 Å². The zero-order valence-electron chi connectivity index (χ0n) is 8.11. The molecule has 0 saturated heterocycles. The molecule has 6 heteroatoms. The van der Waals surface area contributed by atoms with E-state index < -0.39 is 0 Å². The average Bonchev–Trinajstić information content (AvgIpc) is 2.70. The van der Waals surface area contributed by atoms with Crippen LogP contribution in [-0.4, -0.2) is 10.8 Å². The number of benzene rings is 1. The van der Waals surface area contributed by atoms with Gasteiger partial charge in [-0.15, -0.1) is 11.3 Å². The van der Waals surface area contributed by atoms with Gasteiger partial charge >= 0.3 is 0 Å². The van der Waals surface area contributed by atoms with Crippen LogP contribution in [0.2, 0.25) is 0 Å². The van der Waals surface area contributed by atoms with Crippen LogP contribution in [0.3, 0.4) is 0 Å². The molecular formula is C10H8BrN3S2. The number of amidine groups is 1. The van der Waals surface area contributed by atoms with Gasteiger partial charge in [-0.3, -0.25) is 5.41 Å². The Kier molecular flexibility index (Phi) is 3.63. The van der Waals surface area contributed by atoms with Gasteiger partial charge in [0.15, 0.2) is 4.34 Å². The van der Waals surface area contributed by atoms with Crippen molar-refractivity contribution in [1.29, 1.82) is 5.41 Å². The molecule has 1 heterocycles. The van der Waals surface area contributed by atoms with Crippen LogP contribution in [0.5, 0.6) is 0 Å². The molecule has 0 spiro atoms. The van der Waals surface area contributed by atoms with Gasteiger partial charge < -0.3 is 5.73 Å². The standard InChI is InChI=1S/C10H8BrN3S2/c11-6-1-2-7(9(12)13)8(5-6)16-10-14-3-4-15-10/h1-5H,(H3,12,13). The van der Waals surface area contributed by atoms with E-state index in [-0.39, 0.29) is 5.84 Å². The Morgan fingerprint density at radius 3 is 2.94 bits per heavy atom. The fourth-order valence-electron chi connectivity index (χ4n) is 1.16. The maximum Gasteiger partial charge on any atom is 0.154 e. The second kappa shape index (κ2) is 4.99. The van der Waals surface area contributed by atoms with Gasteiger partial charge in [-0.05, 0) is 18.2 Å². The lowest BCUT2D eigenvalue weighted by atomic mass is 10.2. The minimum atomic E-state index is 0.0755. The van der Waals surface area contributed by atoms with Crippen molar-refractivity contribution in [2.24, 2.45) is 5.73 Å². The Hall–Kier alpha value is -0.850. The van der Waals surface area contributed by atoms with Crippen LogP contribution >= 0.6 is 39.0 Å². The summed E-state index contributed by atoms with van der Waals surface area (Å²) in [5.74, 6) is 0.0755. The van der Waals surface area contributed by atoms with E-state index in [4.69, 9.17) is 11.1 Å². The van der Waals surface area contributed by atoms with Gasteiger partial charge in [0.1, 0.15) is 5.84 Å². The molecule has 1 aromatic carbocycles. The molecule has 2 aromatic rings. The summed E-state index contributed by atoms with van der Waals surface area (Å²) < 4.78 is 1.91. The first-order valence-corrected chi connectivity index (χ1v) is 6.87. The average molecular weight is 314 g/mol. The molecule has 0 bridgehead atoms. The normalized spacial score (nSPS) is 10.3. The Morgan fingerprint density at radius 2 is 2.31 bits per heavy atom. The number of nitrogens with two attached hydrogens (primary N) is 1. The minimum absolute atomic E-state index is 0.0755. The molecule has 0 aliphatic rings. The number of aromatic nitrogens is 1. The van der Waals surface area contributed by atoms with Gasteiger partial charge in [0.05, 0.1) is 0 Å². The van der Waals surface area contributed by atoms with Gasteiger partial charge in [-0.25, -0.2) is 4.98 Å². The molecule has 2 rings (SSSR count). The third-order valence-corrected chi connectivity index (χ3v) is 4.28. The Balaban J connectivity index is 2.38. The van der Waals surface area contributed by atoms with E-state index in [2.05, 4.69) is 20.9 Å². The Bertz CT molecular complexity index is 511. The van der Waals surface area contributed by atoms with Crippen LogP contribution in [0.15, 0.2) is 43.5 Å². The maximum absolute atomic E-state index is 7.51. The van der Waals surface area contributed by atoms with Crippen molar-refractivity contribution in [3.63, 3.8) is 0 Å². The number of hydrogen-bond acceptors (Lipinski definition) is 4. The van der Waals surface area contributed by atoms with E-state index in [9.17, 15) is 0 Å². The quantitative estimate of drug-likeness (QED) is 0.674. The topological polar surface area (TPSA) is 62.8 Å². The van der Waals surface area contributed by atoms with Crippen LogP contribution < -0.4 is 5.73 Å². The molecule has 3 N–H and O–H groups in total. The van der Waals surface area contributed by atoms with Crippen LogP contribution in [0, 0.1) is 5.41 Å². The predicted molar refractivity (Wildman–Crippen MR) is 71.4 cm³/mol. The fourth-order valence-corrected chi connectivity index (χ4v) is 3.43. The van der Waals surface area contributed by atoms with Gasteiger partial charge in [0.25, 0.3) is 0 Å². The predicted octanol–water partition coefficient (Wildman–Crippen LogP) is 3.34. The first-order valence-electron chi connectivity index (χ1n) is 4.38. The molecule has 0 aliphatic carbocycles. The van der Waals surface area contributed by atoms with Crippen molar-refractivity contribution < 1.29 is 0 Å². The Morgan fingerprint density at radius 1 is 1.50 bits per heavy atom. The van der Waals surface area contributed by atoms with E-state index in [1.807, 2.05) is 23.6 Å². The number of nitrogens with zero attached hydrogens (tertiary/aromatic N) is 1. The van der Waals surface area contributed by atoms with Crippen molar-refractivity contribution in [3.05, 3.63) is 39.8 Å². The molecule has 82 valence electrons. The molecule has 16 heavy (non-hydrogen) atoms. The number of rotatable bonds is 3. The number of halogens is 1.